The number of halogens is 3. The van der Waals surface area contributed by atoms with Crippen LogP contribution >= 0.6 is 0 Å². The van der Waals surface area contributed by atoms with Crippen molar-refractivity contribution in [2.45, 2.75) is 12.6 Å². The van der Waals surface area contributed by atoms with Crippen LogP contribution in [0.4, 0.5) is 24.7 Å². The number of hydrogen-bond donors (Lipinski definition) is 3. The molecule has 112 valence electrons. The molecule has 2 rings (SSSR count). The lowest BCUT2D eigenvalue weighted by molar-refractivity contribution is -0.137. The highest BCUT2D eigenvalue weighted by Gasteiger charge is 2.31. The van der Waals surface area contributed by atoms with Crippen LogP contribution in [0.5, 0.6) is 5.75 Å². The number of aromatic hydroxyl groups is 1. The highest BCUT2D eigenvalue weighted by atomic mass is 19.4. The molecule has 0 aliphatic heterocycles. The van der Waals surface area contributed by atoms with Crippen molar-refractivity contribution in [3.63, 3.8) is 0 Å². The van der Waals surface area contributed by atoms with Crippen LogP contribution < -0.4 is 11.1 Å². The number of nitrogens with one attached hydrogen (secondary N) is 1. The van der Waals surface area contributed by atoms with Crippen molar-refractivity contribution in [3.8, 4) is 5.75 Å². The Bertz CT molecular complexity index is 612. The van der Waals surface area contributed by atoms with Crippen molar-refractivity contribution in [1.29, 1.82) is 0 Å². The van der Waals surface area contributed by atoms with Gasteiger partial charge in [0, 0.05) is 12.7 Å². The van der Waals surface area contributed by atoms with E-state index in [0.717, 1.165) is 11.6 Å². The number of nitrogens with two attached hydrogens (primary N) is 1. The van der Waals surface area contributed by atoms with Gasteiger partial charge in [0.05, 0.1) is 11.3 Å². The quantitative estimate of drug-likeness (QED) is 0.811. The zero-order valence-corrected chi connectivity index (χ0v) is 11.0. The summed E-state index contributed by atoms with van der Waals surface area (Å²) >= 11 is 0. The second-order valence-corrected chi connectivity index (χ2v) is 4.50. The molecular formula is C14H14F3N3O. The molecule has 0 saturated carbocycles. The first-order valence-corrected chi connectivity index (χ1v) is 6.21. The van der Waals surface area contributed by atoms with Crippen LogP contribution in [-0.4, -0.2) is 16.6 Å². The summed E-state index contributed by atoms with van der Waals surface area (Å²) in [6.07, 6.45) is -3.16. The summed E-state index contributed by atoms with van der Waals surface area (Å²) in [4.78, 5) is 3.55. The van der Waals surface area contributed by atoms with Crippen molar-refractivity contribution in [3.05, 3.63) is 47.7 Å². The molecule has 0 radical (unpaired) electrons. The van der Waals surface area contributed by atoms with Gasteiger partial charge in [-0.3, -0.25) is 0 Å². The molecule has 0 unspecified atom stereocenters. The molecule has 0 aliphatic rings. The summed E-state index contributed by atoms with van der Waals surface area (Å²) in [6.45, 7) is 0.401. The zero-order chi connectivity index (χ0) is 15.5. The second-order valence-electron chi connectivity index (χ2n) is 4.50. The molecule has 0 saturated heterocycles. The van der Waals surface area contributed by atoms with Gasteiger partial charge in [0.1, 0.15) is 11.6 Å². The van der Waals surface area contributed by atoms with E-state index >= 15 is 0 Å². The number of nitrogens with zero attached hydrogens (tertiary/aromatic N) is 1. The normalized spacial score (nSPS) is 11.4. The lowest BCUT2D eigenvalue weighted by Gasteiger charge is -2.12. The van der Waals surface area contributed by atoms with Crippen molar-refractivity contribution >= 4 is 11.5 Å². The van der Waals surface area contributed by atoms with Crippen molar-refractivity contribution in [2.24, 2.45) is 0 Å². The van der Waals surface area contributed by atoms with Gasteiger partial charge in [0.25, 0.3) is 0 Å². The van der Waals surface area contributed by atoms with Crippen LogP contribution in [0.25, 0.3) is 0 Å². The van der Waals surface area contributed by atoms with Gasteiger partial charge >= 0.3 is 6.18 Å². The Balaban J connectivity index is 2.01. The summed E-state index contributed by atoms with van der Waals surface area (Å²) in [6, 6.07) is 7.53. The Kier molecular flexibility index (Phi) is 4.21. The number of phenols is 1. The molecule has 7 heteroatoms. The highest BCUT2D eigenvalue weighted by molar-refractivity contribution is 5.62. The largest absolute Gasteiger partial charge is 0.508 e. The zero-order valence-electron chi connectivity index (χ0n) is 11.0. The van der Waals surface area contributed by atoms with E-state index in [2.05, 4.69) is 10.3 Å². The van der Waals surface area contributed by atoms with Crippen molar-refractivity contribution < 1.29 is 18.3 Å². The standard InChI is InChI=1S/C14H14F3N3O/c15-14(16,17)10-7-12(13(18)20-8-10)19-6-5-9-1-3-11(21)4-2-9/h1-4,7-8,19,21H,5-6H2,(H2,18,20). The third-order valence-electron chi connectivity index (χ3n) is 2.91. The number of pyridine rings is 1. The van der Waals surface area contributed by atoms with E-state index in [9.17, 15) is 13.2 Å². The van der Waals surface area contributed by atoms with Crippen LogP contribution in [0.3, 0.4) is 0 Å². The number of anilines is 2. The Morgan fingerprint density at radius 3 is 2.48 bits per heavy atom. The minimum atomic E-state index is -4.45. The van der Waals surface area contributed by atoms with E-state index in [-0.39, 0.29) is 17.3 Å². The van der Waals surface area contributed by atoms with Gasteiger partial charge in [-0.15, -0.1) is 0 Å². The fourth-order valence-electron chi connectivity index (χ4n) is 1.78. The van der Waals surface area contributed by atoms with E-state index < -0.39 is 11.7 Å². The number of aromatic nitrogens is 1. The van der Waals surface area contributed by atoms with Gasteiger partial charge in [-0.1, -0.05) is 12.1 Å². The summed E-state index contributed by atoms with van der Waals surface area (Å²) in [5.41, 5.74) is 5.81. The second kappa shape index (κ2) is 5.90. The van der Waals surface area contributed by atoms with E-state index in [1.54, 1.807) is 24.3 Å². The molecule has 0 atom stereocenters. The molecule has 4 nitrogen and oxygen atoms in total. The van der Waals surface area contributed by atoms with Gasteiger partial charge in [0.15, 0.2) is 0 Å². The highest BCUT2D eigenvalue weighted by Crippen LogP contribution is 2.31. The fourth-order valence-corrected chi connectivity index (χ4v) is 1.78. The van der Waals surface area contributed by atoms with E-state index in [0.29, 0.717) is 19.2 Å². The van der Waals surface area contributed by atoms with Gasteiger partial charge in [0.2, 0.25) is 0 Å². The number of benzene rings is 1. The lowest BCUT2D eigenvalue weighted by atomic mass is 10.1. The average molecular weight is 297 g/mol. The predicted octanol–water partition coefficient (Wildman–Crippen LogP) is 3.04. The molecule has 0 fully saturated rings. The minimum absolute atomic E-state index is 0.0220. The first-order valence-electron chi connectivity index (χ1n) is 6.21. The maximum absolute atomic E-state index is 12.6. The third kappa shape index (κ3) is 4.01. The molecule has 0 bridgehead atoms. The Labute approximate surface area is 119 Å². The summed E-state index contributed by atoms with van der Waals surface area (Å²) in [5.74, 6) is 0.187. The van der Waals surface area contributed by atoms with Crippen LogP contribution in [0.1, 0.15) is 11.1 Å². The van der Waals surface area contributed by atoms with Gasteiger partial charge in [-0.25, -0.2) is 4.98 Å². The molecule has 0 aliphatic carbocycles. The summed E-state index contributed by atoms with van der Waals surface area (Å²) in [5, 5.41) is 12.0. The molecule has 0 amide bonds. The van der Waals surface area contributed by atoms with Gasteiger partial charge in [-0.05, 0) is 30.2 Å². The number of phenolic OH excluding ortho intramolecular Hbond substituents is 1. The smallest absolute Gasteiger partial charge is 0.417 e. The molecule has 1 heterocycles. The number of hydrogen-bond acceptors (Lipinski definition) is 4. The van der Waals surface area contributed by atoms with Crippen molar-refractivity contribution in [1.82, 2.24) is 4.98 Å². The molecule has 0 spiro atoms. The van der Waals surface area contributed by atoms with Crippen molar-refractivity contribution in [2.75, 3.05) is 17.6 Å². The SMILES string of the molecule is Nc1ncc(C(F)(F)F)cc1NCCc1ccc(O)cc1. The van der Waals surface area contributed by atoms with Gasteiger partial charge in [-0.2, -0.15) is 13.2 Å². The average Bonchev–Trinajstić information content (AvgIpc) is 2.42. The van der Waals surface area contributed by atoms with Crippen LogP contribution in [0.15, 0.2) is 36.5 Å². The Morgan fingerprint density at radius 1 is 1.19 bits per heavy atom. The molecule has 4 N–H and O–H groups in total. The number of rotatable bonds is 4. The van der Waals surface area contributed by atoms with Crippen LogP contribution in [0.2, 0.25) is 0 Å². The fraction of sp³-hybridized carbons (Fsp3) is 0.214. The van der Waals surface area contributed by atoms with Gasteiger partial charge < -0.3 is 16.2 Å². The minimum Gasteiger partial charge on any atom is -0.508 e. The third-order valence-corrected chi connectivity index (χ3v) is 2.91. The molecule has 2 aromatic rings. The Morgan fingerprint density at radius 2 is 1.86 bits per heavy atom. The monoisotopic (exact) mass is 297 g/mol. The van der Waals surface area contributed by atoms with E-state index in [1.165, 1.54) is 0 Å². The first-order chi connectivity index (χ1) is 9.86. The number of alkyl halides is 3. The topological polar surface area (TPSA) is 71.2 Å². The molecule has 21 heavy (non-hydrogen) atoms. The number of nitrogen functional groups attached to an aromatic ring is 1. The predicted molar refractivity (Wildman–Crippen MR) is 74.0 cm³/mol. The summed E-state index contributed by atoms with van der Waals surface area (Å²) < 4.78 is 37.8. The maximum atomic E-state index is 12.6. The molecule has 1 aromatic heterocycles. The lowest BCUT2D eigenvalue weighted by Crippen LogP contribution is -2.11. The van der Waals surface area contributed by atoms with Crippen LogP contribution in [0, 0.1) is 0 Å². The van der Waals surface area contributed by atoms with Crippen LogP contribution in [-0.2, 0) is 12.6 Å². The maximum Gasteiger partial charge on any atom is 0.417 e. The van der Waals surface area contributed by atoms with E-state index in [4.69, 9.17) is 10.8 Å². The molecule has 1 aromatic carbocycles. The first kappa shape index (κ1) is 15.0. The Hall–Kier alpha value is -2.44. The van der Waals surface area contributed by atoms with E-state index in [1.807, 2.05) is 0 Å². The summed E-state index contributed by atoms with van der Waals surface area (Å²) in [7, 11) is 0. The molecular weight excluding hydrogens is 283 g/mol.